The largest absolute Gasteiger partial charge is 0.329 e. The van der Waals surface area contributed by atoms with Gasteiger partial charge in [0.1, 0.15) is 0 Å². The molecule has 1 aromatic carbocycles. The number of rotatable bonds is 8. The molecule has 0 radical (unpaired) electrons. The first-order valence-electron chi connectivity index (χ1n) is 7.35. The van der Waals surface area contributed by atoms with Crippen molar-refractivity contribution in [3.63, 3.8) is 0 Å². The van der Waals surface area contributed by atoms with Gasteiger partial charge in [-0.3, -0.25) is 9.69 Å². The molecule has 23 heavy (non-hydrogen) atoms. The second-order valence-electron chi connectivity index (χ2n) is 5.14. The number of aryl methyl sites for hydroxylation is 1. The highest BCUT2D eigenvalue weighted by Gasteiger charge is 2.11. The van der Waals surface area contributed by atoms with Crippen LogP contribution in [0.3, 0.4) is 0 Å². The molecule has 1 amide bonds. The summed E-state index contributed by atoms with van der Waals surface area (Å²) < 4.78 is 0. The Labute approximate surface area is 147 Å². The smallest absolute Gasteiger partial charge is 0.240 e. The molecule has 5 nitrogen and oxygen atoms in total. The molecule has 2 rings (SSSR count). The molecule has 3 N–H and O–H groups in total. The van der Waals surface area contributed by atoms with E-state index >= 15 is 0 Å². The summed E-state index contributed by atoms with van der Waals surface area (Å²) in [5.74, 6) is -0.0455. The van der Waals surface area contributed by atoms with Crippen LogP contribution < -0.4 is 11.1 Å². The average Bonchev–Trinajstić information content (AvgIpc) is 2.91. The summed E-state index contributed by atoms with van der Waals surface area (Å²) in [4.78, 5) is 18.4. The van der Waals surface area contributed by atoms with Gasteiger partial charge in [-0.25, -0.2) is 4.98 Å². The Balaban J connectivity index is 0.00000264. The Morgan fingerprint density at radius 1 is 1.30 bits per heavy atom. The van der Waals surface area contributed by atoms with Crippen LogP contribution >= 0.6 is 23.7 Å². The fraction of sp³-hybridized carbons (Fsp3) is 0.375. The van der Waals surface area contributed by atoms with E-state index in [9.17, 15) is 4.79 Å². The van der Waals surface area contributed by atoms with Crippen molar-refractivity contribution in [2.45, 2.75) is 13.3 Å². The maximum absolute atomic E-state index is 12.1. The van der Waals surface area contributed by atoms with Gasteiger partial charge in [-0.1, -0.05) is 30.3 Å². The summed E-state index contributed by atoms with van der Waals surface area (Å²) in [5.41, 5.74) is 7.83. The van der Waals surface area contributed by atoms with Gasteiger partial charge in [-0.2, -0.15) is 0 Å². The maximum atomic E-state index is 12.1. The molecule has 2 aromatic rings. The molecular weight excluding hydrogens is 332 g/mol. The van der Waals surface area contributed by atoms with Gasteiger partial charge >= 0.3 is 0 Å². The normalized spacial score (nSPS) is 10.4. The molecule has 0 fully saturated rings. The number of anilines is 1. The highest BCUT2D eigenvalue weighted by molar-refractivity contribution is 7.13. The number of aromatic nitrogens is 1. The lowest BCUT2D eigenvalue weighted by molar-refractivity contribution is -0.117. The van der Waals surface area contributed by atoms with E-state index in [0.717, 1.165) is 18.7 Å². The molecule has 0 saturated heterocycles. The van der Waals surface area contributed by atoms with E-state index in [1.807, 2.05) is 30.5 Å². The van der Waals surface area contributed by atoms with Gasteiger partial charge < -0.3 is 11.1 Å². The van der Waals surface area contributed by atoms with Crippen LogP contribution in [0.2, 0.25) is 0 Å². The van der Waals surface area contributed by atoms with E-state index in [1.54, 1.807) is 0 Å². The molecule has 0 aliphatic carbocycles. The zero-order chi connectivity index (χ0) is 15.8. The monoisotopic (exact) mass is 354 g/mol. The van der Waals surface area contributed by atoms with E-state index in [2.05, 4.69) is 27.3 Å². The van der Waals surface area contributed by atoms with Gasteiger partial charge in [0.2, 0.25) is 5.91 Å². The molecule has 7 heteroatoms. The number of hydrogen-bond acceptors (Lipinski definition) is 5. The van der Waals surface area contributed by atoms with Crippen molar-refractivity contribution in [3.05, 3.63) is 47.0 Å². The number of nitrogens with one attached hydrogen (secondary N) is 1. The second kappa shape index (κ2) is 10.3. The van der Waals surface area contributed by atoms with Crippen LogP contribution in [0.15, 0.2) is 35.7 Å². The van der Waals surface area contributed by atoms with Crippen molar-refractivity contribution in [3.8, 4) is 0 Å². The summed E-state index contributed by atoms with van der Waals surface area (Å²) in [6.07, 6.45) is 0.907. The summed E-state index contributed by atoms with van der Waals surface area (Å²) in [6, 6.07) is 10.3. The summed E-state index contributed by atoms with van der Waals surface area (Å²) in [7, 11) is 0. The van der Waals surface area contributed by atoms with Crippen molar-refractivity contribution >= 4 is 34.8 Å². The van der Waals surface area contributed by atoms with Crippen LogP contribution in [0, 0.1) is 6.92 Å². The Kier molecular flexibility index (Phi) is 8.79. The number of nitrogens with zero attached hydrogens (tertiary/aromatic N) is 2. The molecule has 0 bridgehead atoms. The maximum Gasteiger partial charge on any atom is 0.240 e. The van der Waals surface area contributed by atoms with Gasteiger partial charge in [-0.15, -0.1) is 23.7 Å². The lowest BCUT2D eigenvalue weighted by Gasteiger charge is -2.20. The lowest BCUT2D eigenvalue weighted by atomic mass is 10.1. The van der Waals surface area contributed by atoms with Gasteiger partial charge in [0, 0.05) is 25.0 Å². The van der Waals surface area contributed by atoms with E-state index in [0.29, 0.717) is 24.8 Å². The third-order valence-corrected chi connectivity index (χ3v) is 4.11. The summed E-state index contributed by atoms with van der Waals surface area (Å²) in [5, 5.41) is 5.41. The first-order chi connectivity index (χ1) is 10.7. The van der Waals surface area contributed by atoms with Gasteiger partial charge in [0.25, 0.3) is 0 Å². The number of halogens is 1. The average molecular weight is 355 g/mol. The number of benzene rings is 1. The van der Waals surface area contributed by atoms with Crippen molar-refractivity contribution in [1.82, 2.24) is 9.88 Å². The molecular formula is C16H23ClN4OS. The Morgan fingerprint density at radius 2 is 2.04 bits per heavy atom. The van der Waals surface area contributed by atoms with E-state index in [1.165, 1.54) is 16.9 Å². The number of thiazole rings is 1. The van der Waals surface area contributed by atoms with Crippen molar-refractivity contribution < 1.29 is 4.79 Å². The van der Waals surface area contributed by atoms with Crippen LogP contribution in [0.1, 0.15) is 11.3 Å². The summed E-state index contributed by atoms with van der Waals surface area (Å²) in [6.45, 7) is 4.30. The molecule has 0 saturated carbocycles. The minimum atomic E-state index is -0.0455. The van der Waals surface area contributed by atoms with Crippen molar-refractivity contribution in [2.24, 2.45) is 5.73 Å². The number of hydrogen-bond donors (Lipinski definition) is 2. The molecule has 0 spiro atoms. The molecule has 0 atom stereocenters. The van der Waals surface area contributed by atoms with E-state index < -0.39 is 0 Å². The predicted molar refractivity (Wildman–Crippen MR) is 98.4 cm³/mol. The van der Waals surface area contributed by atoms with Crippen LogP contribution in [-0.4, -0.2) is 42.0 Å². The summed E-state index contributed by atoms with van der Waals surface area (Å²) >= 11 is 1.44. The van der Waals surface area contributed by atoms with Crippen LogP contribution in [-0.2, 0) is 11.2 Å². The predicted octanol–water partition coefficient (Wildman–Crippen LogP) is 2.32. The Morgan fingerprint density at radius 3 is 2.65 bits per heavy atom. The number of nitrogens with two attached hydrogens (primary N) is 1. The number of carbonyl (C=O) groups is 1. The minimum absolute atomic E-state index is 0. The highest BCUT2D eigenvalue weighted by Crippen LogP contribution is 2.14. The molecule has 1 heterocycles. The van der Waals surface area contributed by atoms with Crippen LogP contribution in [0.25, 0.3) is 0 Å². The third-order valence-electron chi connectivity index (χ3n) is 3.24. The first kappa shape index (κ1) is 19.6. The zero-order valence-electron chi connectivity index (χ0n) is 13.2. The van der Waals surface area contributed by atoms with Gasteiger partial charge in [0.05, 0.1) is 12.2 Å². The lowest BCUT2D eigenvalue weighted by Crippen LogP contribution is -2.37. The second-order valence-corrected chi connectivity index (χ2v) is 6.00. The van der Waals surface area contributed by atoms with Crippen LogP contribution in [0.5, 0.6) is 0 Å². The molecule has 0 aliphatic rings. The third kappa shape index (κ3) is 7.09. The first-order valence-corrected chi connectivity index (χ1v) is 8.23. The highest BCUT2D eigenvalue weighted by atomic mass is 35.5. The topological polar surface area (TPSA) is 71.2 Å². The van der Waals surface area contributed by atoms with Gasteiger partial charge in [-0.05, 0) is 18.9 Å². The van der Waals surface area contributed by atoms with Crippen molar-refractivity contribution in [1.29, 1.82) is 0 Å². The van der Waals surface area contributed by atoms with E-state index in [4.69, 9.17) is 5.73 Å². The molecule has 0 unspecified atom stereocenters. The van der Waals surface area contributed by atoms with Crippen LogP contribution in [0.4, 0.5) is 5.13 Å². The fourth-order valence-corrected chi connectivity index (χ4v) is 2.86. The molecule has 126 valence electrons. The molecule has 0 aliphatic heterocycles. The Hall–Kier alpha value is -1.47. The van der Waals surface area contributed by atoms with E-state index in [-0.39, 0.29) is 18.3 Å². The number of amides is 1. The number of carbonyl (C=O) groups excluding carboxylic acids is 1. The SMILES string of the molecule is Cc1csc(NC(=O)CN(CCN)CCc2ccccc2)n1.Cl. The molecule has 1 aromatic heterocycles. The van der Waals surface area contributed by atoms with Crippen molar-refractivity contribution in [2.75, 3.05) is 31.5 Å². The standard InChI is InChI=1S/C16H22N4OS.ClH/c1-13-12-22-16(18-13)19-15(21)11-20(10-8-17)9-7-14-5-3-2-4-6-14;/h2-6,12H,7-11,17H2,1H3,(H,18,19,21);1H. The Bertz CT molecular complexity index is 591. The minimum Gasteiger partial charge on any atom is -0.329 e. The zero-order valence-corrected chi connectivity index (χ0v) is 14.8. The fourth-order valence-electron chi connectivity index (χ4n) is 2.16. The van der Waals surface area contributed by atoms with Gasteiger partial charge in [0.15, 0.2) is 5.13 Å². The quantitative estimate of drug-likeness (QED) is 0.763.